The molecule has 2 aromatic carbocycles. The molecule has 3 amide bonds. The summed E-state index contributed by atoms with van der Waals surface area (Å²) in [5.74, 6) is 0.00956. The van der Waals surface area contributed by atoms with Crippen molar-refractivity contribution in [1.29, 1.82) is 0 Å². The first kappa shape index (κ1) is 27.1. The lowest BCUT2D eigenvalue weighted by Gasteiger charge is -2.38. The number of fused-ring (bicyclic) bond motifs is 2. The summed E-state index contributed by atoms with van der Waals surface area (Å²) in [4.78, 5) is 44.0. The zero-order valence-electron chi connectivity index (χ0n) is 23.5. The molecule has 1 N–H and O–H groups in total. The number of aromatic nitrogens is 4. The maximum absolute atomic E-state index is 13.7. The van der Waals surface area contributed by atoms with Crippen molar-refractivity contribution in [2.75, 3.05) is 25.0 Å². The van der Waals surface area contributed by atoms with E-state index >= 15 is 0 Å². The number of urea groups is 1. The highest BCUT2D eigenvalue weighted by Gasteiger charge is 2.31. The van der Waals surface area contributed by atoms with Gasteiger partial charge in [-0.2, -0.15) is 0 Å². The Hall–Kier alpha value is -4.76. The number of likely N-dealkylation sites (tertiary alicyclic amines) is 1. The molecule has 7 rings (SSSR count). The molecule has 5 heterocycles. The standard InChI is InChI=1S/C33H30ClN7O2/c34-27-9-3-2-8-25(27)26-19-40(32-30(26)31(36-21-37-32)23-7-5-14-35-18-23)20-29(42)39-15-12-24(13-16-39)41-17-11-22-6-1-4-10-28(22)38-33(41)43/h1-10,14,18-19,21,24H,11-13,15-17,20H2,(H,38,43). The minimum atomic E-state index is -0.0651. The summed E-state index contributed by atoms with van der Waals surface area (Å²) in [6.07, 6.45) is 9.25. The van der Waals surface area contributed by atoms with E-state index in [1.165, 1.54) is 6.33 Å². The lowest BCUT2D eigenvalue weighted by atomic mass is 10.0. The Bertz CT molecular complexity index is 1820. The molecule has 0 unspecified atom stereocenters. The average Bonchev–Trinajstić information content (AvgIpc) is 3.31. The van der Waals surface area contributed by atoms with Crippen LogP contribution in [0.15, 0.2) is 85.6 Å². The largest absolute Gasteiger partial charge is 0.341 e. The van der Waals surface area contributed by atoms with E-state index in [9.17, 15) is 9.59 Å². The number of para-hydroxylation sites is 1. The van der Waals surface area contributed by atoms with Gasteiger partial charge in [-0.1, -0.05) is 48.0 Å². The Kier molecular flexibility index (Phi) is 7.24. The number of nitrogens with one attached hydrogen (secondary N) is 1. The summed E-state index contributed by atoms with van der Waals surface area (Å²) in [6, 6.07) is 19.5. The molecule has 0 radical (unpaired) electrons. The predicted octanol–water partition coefficient (Wildman–Crippen LogP) is 5.89. The van der Waals surface area contributed by atoms with Crippen molar-refractivity contribution < 1.29 is 9.59 Å². The molecular formula is C33H30ClN7O2. The molecule has 1 saturated heterocycles. The van der Waals surface area contributed by atoms with Crippen molar-refractivity contribution >= 4 is 40.3 Å². The van der Waals surface area contributed by atoms with E-state index in [4.69, 9.17) is 11.6 Å². The third-order valence-electron chi connectivity index (χ3n) is 8.46. The van der Waals surface area contributed by atoms with Crippen LogP contribution >= 0.6 is 11.6 Å². The molecule has 43 heavy (non-hydrogen) atoms. The van der Waals surface area contributed by atoms with Crippen LogP contribution < -0.4 is 5.32 Å². The first-order chi connectivity index (χ1) is 21.1. The second-order valence-electron chi connectivity index (χ2n) is 11.0. The van der Waals surface area contributed by atoms with Crippen LogP contribution in [-0.4, -0.2) is 66.9 Å². The molecule has 0 aliphatic carbocycles. The summed E-state index contributed by atoms with van der Waals surface area (Å²) < 4.78 is 1.89. The van der Waals surface area contributed by atoms with Gasteiger partial charge in [0.05, 0.1) is 11.1 Å². The summed E-state index contributed by atoms with van der Waals surface area (Å²) in [5, 5.41) is 4.50. The highest BCUT2D eigenvalue weighted by Crippen LogP contribution is 2.38. The van der Waals surface area contributed by atoms with Crippen molar-refractivity contribution in [1.82, 2.24) is 29.3 Å². The van der Waals surface area contributed by atoms with E-state index in [1.807, 2.05) is 75.2 Å². The van der Waals surface area contributed by atoms with Crippen molar-refractivity contribution in [2.24, 2.45) is 0 Å². The summed E-state index contributed by atoms with van der Waals surface area (Å²) in [6.45, 7) is 1.98. The van der Waals surface area contributed by atoms with E-state index < -0.39 is 0 Å². The van der Waals surface area contributed by atoms with Crippen LogP contribution in [0, 0.1) is 0 Å². The minimum Gasteiger partial charge on any atom is -0.341 e. The minimum absolute atomic E-state index is 0.00956. The first-order valence-corrected chi connectivity index (χ1v) is 14.9. The SMILES string of the molecule is O=C(Cn1cc(-c2ccccc2Cl)c2c(-c3cccnc3)ncnc21)N1CCC(N2CCc3ccccc3NC2=O)CC1. The molecule has 10 heteroatoms. The zero-order valence-corrected chi connectivity index (χ0v) is 24.2. The van der Waals surface area contributed by atoms with Crippen LogP contribution in [0.1, 0.15) is 18.4 Å². The molecule has 0 spiro atoms. The third kappa shape index (κ3) is 5.21. The quantitative estimate of drug-likeness (QED) is 0.275. The lowest BCUT2D eigenvalue weighted by molar-refractivity contribution is -0.133. The Balaban J connectivity index is 1.12. The maximum Gasteiger partial charge on any atom is 0.322 e. The average molecular weight is 592 g/mol. The smallest absolute Gasteiger partial charge is 0.322 e. The third-order valence-corrected chi connectivity index (χ3v) is 8.79. The highest BCUT2D eigenvalue weighted by atomic mass is 35.5. The van der Waals surface area contributed by atoms with Crippen molar-refractivity contribution in [2.45, 2.75) is 31.8 Å². The molecule has 2 aliphatic heterocycles. The van der Waals surface area contributed by atoms with Crippen LogP contribution in [0.3, 0.4) is 0 Å². The Morgan fingerprint density at radius 1 is 0.953 bits per heavy atom. The topological polar surface area (TPSA) is 96.2 Å². The van der Waals surface area contributed by atoms with Gasteiger partial charge in [-0.15, -0.1) is 0 Å². The number of hydrogen-bond acceptors (Lipinski definition) is 5. The normalized spacial score (nSPS) is 15.7. The predicted molar refractivity (Wildman–Crippen MR) is 167 cm³/mol. The fourth-order valence-corrected chi connectivity index (χ4v) is 6.50. The second-order valence-corrected chi connectivity index (χ2v) is 11.4. The van der Waals surface area contributed by atoms with E-state index in [0.29, 0.717) is 30.3 Å². The van der Waals surface area contributed by atoms with Gasteiger partial charge in [0.25, 0.3) is 0 Å². The monoisotopic (exact) mass is 591 g/mol. The number of pyridine rings is 1. The molecule has 216 valence electrons. The molecule has 0 atom stereocenters. The van der Waals surface area contributed by atoms with Gasteiger partial charge in [0.1, 0.15) is 18.5 Å². The molecule has 5 aromatic rings. The van der Waals surface area contributed by atoms with Crippen molar-refractivity contribution in [3.05, 3.63) is 96.2 Å². The number of piperidine rings is 1. The van der Waals surface area contributed by atoms with Crippen LogP contribution in [0.25, 0.3) is 33.4 Å². The van der Waals surface area contributed by atoms with E-state index in [2.05, 4.69) is 26.3 Å². The summed E-state index contributed by atoms with van der Waals surface area (Å²) in [5.41, 5.74) is 5.99. The number of benzene rings is 2. The van der Waals surface area contributed by atoms with Crippen LogP contribution in [0.2, 0.25) is 5.02 Å². The Morgan fingerprint density at radius 2 is 1.77 bits per heavy atom. The van der Waals surface area contributed by atoms with E-state index in [0.717, 1.165) is 58.3 Å². The van der Waals surface area contributed by atoms with Crippen LogP contribution in [-0.2, 0) is 17.8 Å². The highest BCUT2D eigenvalue weighted by molar-refractivity contribution is 6.33. The fourth-order valence-electron chi connectivity index (χ4n) is 6.26. The van der Waals surface area contributed by atoms with Gasteiger partial charge in [0, 0.05) is 71.7 Å². The molecule has 2 aliphatic rings. The second kappa shape index (κ2) is 11.5. The van der Waals surface area contributed by atoms with Gasteiger partial charge >= 0.3 is 6.03 Å². The number of rotatable bonds is 5. The first-order valence-electron chi connectivity index (χ1n) is 14.5. The molecule has 3 aromatic heterocycles. The lowest BCUT2D eigenvalue weighted by Crippen LogP contribution is -2.50. The summed E-state index contributed by atoms with van der Waals surface area (Å²) in [7, 11) is 0. The maximum atomic E-state index is 13.7. The van der Waals surface area contributed by atoms with Gasteiger partial charge in [-0.3, -0.25) is 9.78 Å². The van der Waals surface area contributed by atoms with Crippen molar-refractivity contribution in [3.8, 4) is 22.4 Å². The number of carbonyl (C=O) groups excluding carboxylic acids is 2. The molecular weight excluding hydrogens is 562 g/mol. The van der Waals surface area contributed by atoms with Crippen LogP contribution in [0.5, 0.6) is 0 Å². The number of amides is 3. The zero-order chi connectivity index (χ0) is 29.3. The van der Waals surface area contributed by atoms with Gasteiger partial charge in [0.2, 0.25) is 5.91 Å². The molecule has 0 saturated carbocycles. The fraction of sp³-hybridized carbons (Fsp3) is 0.242. The number of carbonyl (C=O) groups is 2. The van der Waals surface area contributed by atoms with Crippen molar-refractivity contribution in [3.63, 3.8) is 0 Å². The van der Waals surface area contributed by atoms with Gasteiger partial charge in [0.15, 0.2) is 0 Å². The van der Waals surface area contributed by atoms with E-state index in [1.54, 1.807) is 12.4 Å². The number of nitrogens with zero attached hydrogens (tertiary/aromatic N) is 6. The van der Waals surface area contributed by atoms with Gasteiger partial charge in [-0.25, -0.2) is 14.8 Å². The van der Waals surface area contributed by atoms with E-state index in [-0.39, 0.29) is 24.5 Å². The number of anilines is 1. The Morgan fingerprint density at radius 3 is 2.58 bits per heavy atom. The van der Waals surface area contributed by atoms with Gasteiger partial charge < -0.3 is 19.7 Å². The number of hydrogen-bond donors (Lipinski definition) is 1. The van der Waals surface area contributed by atoms with Crippen LogP contribution in [0.4, 0.5) is 10.5 Å². The number of halogens is 1. The molecule has 0 bridgehead atoms. The Labute approximate surface area is 254 Å². The molecule has 9 nitrogen and oxygen atoms in total. The van der Waals surface area contributed by atoms with Gasteiger partial charge in [-0.05, 0) is 49.1 Å². The molecule has 1 fully saturated rings. The summed E-state index contributed by atoms with van der Waals surface area (Å²) >= 11 is 6.65.